The Morgan fingerprint density at radius 1 is 1.16 bits per heavy atom. The average Bonchev–Trinajstić information content (AvgIpc) is 2.39. The number of hydrogen-bond acceptors (Lipinski definition) is 3. The monoisotopic (exact) mass is 265 g/mol. The minimum Gasteiger partial charge on any atom is -0.481 e. The van der Waals surface area contributed by atoms with Crippen LogP contribution in [0.2, 0.25) is 0 Å². The van der Waals surface area contributed by atoms with Gasteiger partial charge in [-0.25, -0.2) is 0 Å². The molecule has 4 nitrogen and oxygen atoms in total. The number of methoxy groups -OCH3 is 1. The van der Waals surface area contributed by atoms with E-state index in [2.05, 4.69) is 5.32 Å². The van der Waals surface area contributed by atoms with Gasteiger partial charge in [-0.05, 0) is 36.9 Å². The lowest BCUT2D eigenvalue weighted by Gasteiger charge is -2.06. The molecule has 1 aromatic rings. The minimum atomic E-state index is -0.790. The molecule has 0 aliphatic rings. The molecule has 0 aliphatic carbocycles. The highest BCUT2D eigenvalue weighted by Crippen LogP contribution is 2.05. The van der Waals surface area contributed by atoms with E-state index < -0.39 is 5.97 Å². The molecule has 0 heterocycles. The third kappa shape index (κ3) is 7.59. The van der Waals surface area contributed by atoms with E-state index in [1.54, 1.807) is 7.11 Å². The summed E-state index contributed by atoms with van der Waals surface area (Å²) in [4.78, 5) is 10.6. The molecule has 0 aromatic heterocycles. The highest BCUT2D eigenvalue weighted by Gasteiger charge is 2.00. The highest BCUT2D eigenvalue weighted by molar-refractivity contribution is 5.70. The molecule has 0 spiro atoms. The number of carboxylic acids is 1. The zero-order valence-electron chi connectivity index (χ0n) is 11.5. The number of nitrogens with one attached hydrogen (secondary N) is 1. The van der Waals surface area contributed by atoms with E-state index in [9.17, 15) is 4.79 Å². The van der Waals surface area contributed by atoms with Crippen LogP contribution in [-0.2, 0) is 22.5 Å². The number of carboxylic acid groups (broad SMARTS) is 1. The fourth-order valence-electron chi connectivity index (χ4n) is 1.86. The first-order chi connectivity index (χ1) is 9.22. The molecule has 0 aliphatic heterocycles. The summed E-state index contributed by atoms with van der Waals surface area (Å²) in [7, 11) is 1.73. The molecule has 4 heteroatoms. The van der Waals surface area contributed by atoms with Crippen LogP contribution in [0.5, 0.6) is 0 Å². The Morgan fingerprint density at radius 3 is 2.47 bits per heavy atom. The van der Waals surface area contributed by atoms with Crippen molar-refractivity contribution in [3.05, 3.63) is 35.4 Å². The molecule has 0 saturated carbocycles. The Hall–Kier alpha value is -1.39. The van der Waals surface area contributed by atoms with Crippen LogP contribution in [0, 0.1) is 0 Å². The Bertz CT molecular complexity index is 362. The van der Waals surface area contributed by atoms with E-state index in [0.717, 1.165) is 38.1 Å². The van der Waals surface area contributed by atoms with Gasteiger partial charge < -0.3 is 15.2 Å². The van der Waals surface area contributed by atoms with Crippen LogP contribution in [0.4, 0.5) is 0 Å². The van der Waals surface area contributed by atoms with Crippen molar-refractivity contribution in [2.75, 3.05) is 20.3 Å². The van der Waals surface area contributed by atoms with Crippen LogP contribution in [-0.4, -0.2) is 31.3 Å². The average molecular weight is 265 g/mol. The van der Waals surface area contributed by atoms with Crippen LogP contribution >= 0.6 is 0 Å². The van der Waals surface area contributed by atoms with Crippen LogP contribution < -0.4 is 5.32 Å². The van der Waals surface area contributed by atoms with E-state index >= 15 is 0 Å². The van der Waals surface area contributed by atoms with Gasteiger partial charge in [0.05, 0.1) is 6.42 Å². The molecule has 0 radical (unpaired) electrons. The van der Waals surface area contributed by atoms with Crippen LogP contribution in [0.15, 0.2) is 24.3 Å². The van der Waals surface area contributed by atoms with Crippen molar-refractivity contribution in [2.45, 2.75) is 32.2 Å². The summed E-state index contributed by atoms with van der Waals surface area (Å²) in [6, 6.07) is 7.72. The molecule has 0 bridgehead atoms. The van der Waals surface area contributed by atoms with Gasteiger partial charge in [0.25, 0.3) is 0 Å². The van der Waals surface area contributed by atoms with Crippen molar-refractivity contribution in [3.8, 4) is 0 Å². The summed E-state index contributed by atoms with van der Waals surface area (Å²) in [5.74, 6) is -0.790. The van der Waals surface area contributed by atoms with Crippen molar-refractivity contribution < 1.29 is 14.6 Å². The van der Waals surface area contributed by atoms with Gasteiger partial charge in [0.2, 0.25) is 0 Å². The summed E-state index contributed by atoms with van der Waals surface area (Å²) in [5.41, 5.74) is 2.03. The second-order valence-electron chi connectivity index (χ2n) is 4.62. The number of carbonyl (C=O) groups is 1. The fraction of sp³-hybridized carbons (Fsp3) is 0.533. The lowest BCUT2D eigenvalue weighted by molar-refractivity contribution is -0.136. The van der Waals surface area contributed by atoms with Gasteiger partial charge in [-0.3, -0.25) is 4.79 Å². The lowest BCUT2D eigenvalue weighted by atomic mass is 10.1. The number of ether oxygens (including phenoxy) is 1. The normalized spacial score (nSPS) is 10.6. The van der Waals surface area contributed by atoms with Crippen molar-refractivity contribution in [1.29, 1.82) is 0 Å². The molecule has 19 heavy (non-hydrogen) atoms. The Morgan fingerprint density at radius 2 is 1.84 bits per heavy atom. The molecule has 0 atom stereocenters. The molecular weight excluding hydrogens is 242 g/mol. The molecule has 2 N–H and O–H groups in total. The molecule has 0 fully saturated rings. The summed E-state index contributed by atoms with van der Waals surface area (Å²) in [5, 5.41) is 12.1. The predicted molar refractivity (Wildman–Crippen MR) is 75.2 cm³/mol. The van der Waals surface area contributed by atoms with Gasteiger partial charge in [0.1, 0.15) is 0 Å². The third-order valence-electron chi connectivity index (χ3n) is 2.91. The van der Waals surface area contributed by atoms with Gasteiger partial charge in [-0.2, -0.15) is 0 Å². The maximum atomic E-state index is 10.6. The first kappa shape index (κ1) is 15.7. The zero-order valence-corrected chi connectivity index (χ0v) is 11.5. The Labute approximate surface area is 114 Å². The summed E-state index contributed by atoms with van der Waals surface area (Å²) in [6.07, 6.45) is 3.54. The topological polar surface area (TPSA) is 58.6 Å². The molecule has 0 amide bonds. The van der Waals surface area contributed by atoms with Gasteiger partial charge in [0, 0.05) is 20.3 Å². The minimum absolute atomic E-state index is 0.0905. The first-order valence-corrected chi connectivity index (χ1v) is 6.71. The summed E-state index contributed by atoms with van der Waals surface area (Å²) < 4.78 is 4.99. The number of rotatable bonds is 10. The second-order valence-corrected chi connectivity index (χ2v) is 4.62. The highest BCUT2D eigenvalue weighted by atomic mass is 16.5. The zero-order chi connectivity index (χ0) is 13.9. The van der Waals surface area contributed by atoms with E-state index in [4.69, 9.17) is 9.84 Å². The smallest absolute Gasteiger partial charge is 0.307 e. The maximum absolute atomic E-state index is 10.6. The number of unbranched alkanes of at least 4 members (excludes halogenated alkanes) is 2. The van der Waals surface area contributed by atoms with Gasteiger partial charge in [-0.1, -0.05) is 24.3 Å². The SMILES string of the molecule is COCCCCCNCc1ccc(CC(=O)O)cc1. The van der Waals surface area contributed by atoms with E-state index in [-0.39, 0.29) is 6.42 Å². The number of hydrogen-bond donors (Lipinski definition) is 2. The van der Waals surface area contributed by atoms with Crippen molar-refractivity contribution in [1.82, 2.24) is 5.32 Å². The maximum Gasteiger partial charge on any atom is 0.307 e. The van der Waals surface area contributed by atoms with Crippen LogP contribution in [0.3, 0.4) is 0 Å². The predicted octanol–water partition coefficient (Wildman–Crippen LogP) is 2.22. The Kier molecular flexibility index (Phi) is 7.86. The van der Waals surface area contributed by atoms with E-state index in [0.29, 0.717) is 0 Å². The van der Waals surface area contributed by atoms with E-state index in [1.165, 1.54) is 12.0 Å². The number of aliphatic carboxylic acids is 1. The standard InChI is InChI=1S/C15H23NO3/c1-19-10-4-2-3-9-16-12-14-7-5-13(6-8-14)11-15(17)18/h5-8,16H,2-4,9-12H2,1H3,(H,17,18). The van der Waals surface area contributed by atoms with Crippen molar-refractivity contribution in [2.24, 2.45) is 0 Å². The van der Waals surface area contributed by atoms with Gasteiger partial charge in [-0.15, -0.1) is 0 Å². The van der Waals surface area contributed by atoms with Gasteiger partial charge >= 0.3 is 5.97 Å². The van der Waals surface area contributed by atoms with E-state index in [1.807, 2.05) is 24.3 Å². The first-order valence-electron chi connectivity index (χ1n) is 6.71. The summed E-state index contributed by atoms with van der Waals surface area (Å²) in [6.45, 7) is 2.67. The lowest BCUT2D eigenvalue weighted by Crippen LogP contribution is -2.14. The molecule has 1 aromatic carbocycles. The van der Waals surface area contributed by atoms with Crippen LogP contribution in [0.25, 0.3) is 0 Å². The van der Waals surface area contributed by atoms with Crippen molar-refractivity contribution in [3.63, 3.8) is 0 Å². The summed E-state index contributed by atoms with van der Waals surface area (Å²) >= 11 is 0. The second kappa shape index (κ2) is 9.53. The molecule has 1 rings (SSSR count). The quantitative estimate of drug-likeness (QED) is 0.637. The third-order valence-corrected chi connectivity index (χ3v) is 2.91. The fourth-order valence-corrected chi connectivity index (χ4v) is 1.86. The van der Waals surface area contributed by atoms with Gasteiger partial charge in [0.15, 0.2) is 0 Å². The number of benzene rings is 1. The molecule has 106 valence electrons. The van der Waals surface area contributed by atoms with Crippen LogP contribution in [0.1, 0.15) is 30.4 Å². The molecule has 0 unspecified atom stereocenters. The molecule has 0 saturated heterocycles. The Balaban J connectivity index is 2.14. The molecular formula is C15H23NO3. The largest absolute Gasteiger partial charge is 0.481 e. The van der Waals surface area contributed by atoms with Crippen molar-refractivity contribution >= 4 is 5.97 Å².